The van der Waals surface area contributed by atoms with E-state index in [0.717, 1.165) is 25.1 Å². The van der Waals surface area contributed by atoms with Crippen LogP contribution in [0.25, 0.3) is 0 Å². The van der Waals surface area contributed by atoms with Crippen molar-refractivity contribution in [2.75, 3.05) is 0 Å². The van der Waals surface area contributed by atoms with Crippen LogP contribution in [0.5, 0.6) is 0 Å². The van der Waals surface area contributed by atoms with Gasteiger partial charge in [-0.15, -0.1) is 5.10 Å². The normalized spacial score (nSPS) is 11.1. The monoisotopic (exact) mass is 587 g/mol. The smallest absolute Gasteiger partial charge is 0.343 e. The second kappa shape index (κ2) is 17.3. The molecule has 0 aromatic carbocycles. The van der Waals surface area contributed by atoms with Gasteiger partial charge in [0.2, 0.25) is 0 Å². The van der Waals surface area contributed by atoms with Crippen molar-refractivity contribution in [1.29, 1.82) is 0 Å². The maximum atomic E-state index is 4.26. The fourth-order valence-corrected chi connectivity index (χ4v) is 2.50. The Balaban J connectivity index is 0. The van der Waals surface area contributed by atoms with Gasteiger partial charge in [0.15, 0.2) is 0 Å². The van der Waals surface area contributed by atoms with Gasteiger partial charge in [0, 0.05) is 12.7 Å². The minimum absolute atomic E-state index is 0. The molecule has 0 bridgehead atoms. The molecule has 0 saturated heterocycles. The third-order valence-electron chi connectivity index (χ3n) is 3.83. The Morgan fingerprint density at radius 2 is 1.54 bits per heavy atom. The molecule has 0 atom stereocenters. The zero-order chi connectivity index (χ0) is 19.1. The summed E-state index contributed by atoms with van der Waals surface area (Å²) < 4.78 is 2.01. The Kier molecular flexibility index (Phi) is 18.9. The largest absolute Gasteiger partial charge is 2.00 e. The van der Waals surface area contributed by atoms with Crippen LogP contribution >= 0.6 is 0 Å². The Morgan fingerprint density at radius 1 is 0.962 bits per heavy atom. The van der Waals surface area contributed by atoms with E-state index >= 15 is 0 Å². The van der Waals surface area contributed by atoms with Crippen molar-refractivity contribution < 1.29 is 31.1 Å². The molecule has 0 N–H and O–H groups in total. The summed E-state index contributed by atoms with van der Waals surface area (Å²) in [7, 11) is 0. The number of rotatable bonds is 11. The van der Waals surface area contributed by atoms with Gasteiger partial charge < -0.3 is 12.8 Å². The maximum Gasteiger partial charge on any atom is 2.00 e. The van der Waals surface area contributed by atoms with Crippen LogP contribution in [0.1, 0.15) is 105 Å². The third-order valence-corrected chi connectivity index (χ3v) is 3.83. The van der Waals surface area contributed by atoms with E-state index in [4.69, 9.17) is 0 Å². The second-order valence-electron chi connectivity index (χ2n) is 8.86. The van der Waals surface area contributed by atoms with Crippen LogP contribution in [0.3, 0.4) is 0 Å². The Labute approximate surface area is 187 Å². The minimum atomic E-state index is 0. The summed E-state index contributed by atoms with van der Waals surface area (Å²) in [6.07, 6.45) is 14.4. The predicted molar refractivity (Wildman–Crippen MR) is 110 cm³/mol. The van der Waals surface area contributed by atoms with E-state index in [0.29, 0.717) is 5.41 Å². The van der Waals surface area contributed by atoms with Gasteiger partial charge in [-0.05, 0) is 31.1 Å². The minimum Gasteiger partial charge on any atom is -0.343 e. The number of hydrogen-bond acceptors (Lipinski definition) is 2. The zero-order valence-corrected chi connectivity index (χ0v) is 22.6. The summed E-state index contributed by atoms with van der Waals surface area (Å²) >= 11 is 0. The molecule has 0 unspecified atom stereocenters. The molecule has 1 aromatic heterocycles. The van der Waals surface area contributed by atoms with Crippen LogP contribution in [0.15, 0.2) is 6.20 Å². The molecule has 0 radical (unpaired) electrons. The zero-order valence-electron chi connectivity index (χ0n) is 18.4. The van der Waals surface area contributed by atoms with Crippen LogP contribution < -0.4 is 0 Å². The van der Waals surface area contributed by atoms with Crippen molar-refractivity contribution >= 4 is 0 Å². The number of nitrogens with zero attached hydrogens (tertiary/aromatic N) is 3. The van der Waals surface area contributed by atoms with E-state index in [1.165, 1.54) is 57.3 Å². The summed E-state index contributed by atoms with van der Waals surface area (Å²) in [4.78, 5) is 0. The summed E-state index contributed by atoms with van der Waals surface area (Å²) in [5.41, 5.74) is 1.63. The van der Waals surface area contributed by atoms with Gasteiger partial charge in [-0.3, -0.25) is 4.68 Å². The molecule has 0 saturated carbocycles. The maximum absolute atomic E-state index is 4.26. The summed E-state index contributed by atoms with van der Waals surface area (Å²) in [5, 5.41) is 8.48. The predicted octanol–water partition coefficient (Wildman–Crippen LogP) is 6.83. The molecule has 1 heterocycles. The first kappa shape index (κ1) is 28.4. The average Bonchev–Trinajstić information content (AvgIpc) is 2.93. The molecule has 0 aliphatic rings. The van der Waals surface area contributed by atoms with Crippen LogP contribution in [-0.2, 0) is 13.0 Å². The first-order valence-corrected chi connectivity index (χ1v) is 10.2. The van der Waals surface area contributed by atoms with Crippen molar-refractivity contribution in [2.45, 2.75) is 112 Å². The van der Waals surface area contributed by atoms with Gasteiger partial charge in [0.25, 0.3) is 0 Å². The van der Waals surface area contributed by atoms with Crippen LogP contribution in [0.2, 0.25) is 0 Å². The van der Waals surface area contributed by atoms with Crippen molar-refractivity contribution in [3.63, 3.8) is 0 Å². The van der Waals surface area contributed by atoms with Crippen LogP contribution in [-0.4, -0.2) is 15.0 Å². The number of unbranched alkanes of at least 4 members (excludes halogenated alkanes) is 6. The Hall–Kier alpha value is 0.192. The Morgan fingerprint density at radius 3 is 2.12 bits per heavy atom. The first-order valence-electron chi connectivity index (χ1n) is 10.2. The number of aryl methyl sites for hydroxylation is 2. The van der Waals surface area contributed by atoms with Gasteiger partial charge >= 0.3 is 31.1 Å². The second-order valence-corrected chi connectivity index (χ2v) is 8.86. The fourth-order valence-electron chi connectivity index (χ4n) is 2.50. The molecule has 3 nitrogen and oxygen atoms in total. The van der Waals surface area contributed by atoms with Crippen molar-refractivity contribution in [3.8, 4) is 0 Å². The van der Waals surface area contributed by atoms with Crippen LogP contribution in [0, 0.1) is 49.4 Å². The standard InChI is InChI=1S/C18H34N3.C4H9.U/c1-5-6-7-10-13-17-16-21(20-19-17)15-12-9-8-11-14-18(2,3)4;1-4(2)3;/h16H,1,5-15H2,2-4H3;1-3H3;/q2*-1;+2. The van der Waals surface area contributed by atoms with Gasteiger partial charge in [0.05, 0.1) is 5.69 Å². The van der Waals surface area contributed by atoms with E-state index in [1.54, 1.807) is 0 Å². The topological polar surface area (TPSA) is 30.7 Å². The molecule has 0 amide bonds. The van der Waals surface area contributed by atoms with Gasteiger partial charge in [-0.25, -0.2) is 0 Å². The molecule has 26 heavy (non-hydrogen) atoms. The quantitative estimate of drug-likeness (QED) is 0.210. The third kappa shape index (κ3) is 20.5. The van der Waals surface area contributed by atoms with E-state index < -0.39 is 0 Å². The molecular weight excluding hydrogens is 544 g/mol. The first-order chi connectivity index (χ1) is 11.7. The molecule has 1 rings (SSSR count). The molecule has 0 fully saturated rings. The fraction of sp³-hybridized carbons (Fsp3) is 0.818. The molecule has 0 spiro atoms. The van der Waals surface area contributed by atoms with Gasteiger partial charge in [0.1, 0.15) is 0 Å². The molecule has 4 heteroatoms. The number of hydrogen-bond donors (Lipinski definition) is 0. The van der Waals surface area contributed by atoms with E-state index in [1.807, 2.05) is 4.68 Å². The average molecular weight is 588 g/mol. The van der Waals surface area contributed by atoms with E-state index in [-0.39, 0.29) is 31.1 Å². The Bertz CT molecular complexity index is 405. The molecule has 1 aromatic rings. The van der Waals surface area contributed by atoms with Crippen LogP contribution in [0.4, 0.5) is 0 Å². The van der Waals surface area contributed by atoms with Crippen molar-refractivity contribution in [1.82, 2.24) is 15.0 Å². The number of aromatic nitrogens is 3. The SMILES string of the molecule is C[C-](C)C.[CH2-]CCCCCc1cn(CCCCCCC(C)(C)C)nn1.[U+2]. The van der Waals surface area contributed by atoms with E-state index in [2.05, 4.69) is 65.0 Å². The van der Waals surface area contributed by atoms with Gasteiger partial charge in [-0.2, -0.15) is 27.2 Å². The summed E-state index contributed by atoms with van der Waals surface area (Å²) in [6.45, 7) is 18.1. The molecule has 0 aliphatic heterocycles. The van der Waals surface area contributed by atoms with Crippen molar-refractivity contribution in [2.24, 2.45) is 5.41 Å². The summed E-state index contributed by atoms with van der Waals surface area (Å²) in [5.74, 6) is 1.42. The van der Waals surface area contributed by atoms with E-state index in [9.17, 15) is 0 Å². The molecule has 150 valence electrons. The van der Waals surface area contributed by atoms with Crippen molar-refractivity contribution in [3.05, 3.63) is 24.7 Å². The molecule has 0 aliphatic carbocycles. The van der Waals surface area contributed by atoms with Gasteiger partial charge in [-0.1, -0.05) is 58.1 Å². The summed E-state index contributed by atoms with van der Waals surface area (Å²) in [6, 6.07) is 0. The molecular formula is C22H43N3U.